The third kappa shape index (κ3) is 4.97. The summed E-state index contributed by atoms with van der Waals surface area (Å²) in [5.41, 5.74) is 0. The Morgan fingerprint density at radius 3 is 2.73 bits per heavy atom. The predicted molar refractivity (Wildman–Crippen MR) is 69.7 cm³/mol. The first-order chi connectivity index (χ1) is 6.63. The van der Waals surface area contributed by atoms with Crippen molar-refractivity contribution in [2.75, 3.05) is 20.6 Å². The second-order valence-electron chi connectivity index (χ2n) is 2.99. The van der Waals surface area contributed by atoms with E-state index in [4.69, 9.17) is 0 Å². The van der Waals surface area contributed by atoms with Gasteiger partial charge in [-0.05, 0) is 35.1 Å². The summed E-state index contributed by atoms with van der Waals surface area (Å²) in [4.78, 5) is 14.3. The molecule has 0 spiro atoms. The van der Waals surface area contributed by atoms with Crippen LogP contribution in [0.1, 0.15) is 4.88 Å². The average Bonchev–Trinajstić information content (AvgIpc) is 2.51. The Hall–Kier alpha value is -0.100. The zero-order valence-corrected chi connectivity index (χ0v) is 11.8. The van der Waals surface area contributed by atoms with Crippen LogP contribution in [0.3, 0.4) is 0 Å². The number of hydrogen-bond acceptors (Lipinski definition) is 3. The fourth-order valence-electron chi connectivity index (χ4n) is 1.04. The second kappa shape index (κ2) is 7.22. The molecule has 0 unspecified atom stereocenters. The average molecular weight is 314 g/mol. The van der Waals surface area contributed by atoms with E-state index in [2.05, 4.69) is 21.2 Å². The number of hydrogen-bond donors (Lipinski definition) is 1. The Morgan fingerprint density at radius 2 is 2.27 bits per heavy atom. The SMILES string of the molecule is CNCC(=O)N(C)Cc1ccc(Br)s1.Cl. The summed E-state index contributed by atoms with van der Waals surface area (Å²) < 4.78 is 1.10. The molecule has 0 aromatic carbocycles. The van der Waals surface area contributed by atoms with Crippen molar-refractivity contribution in [1.82, 2.24) is 10.2 Å². The lowest BCUT2D eigenvalue weighted by Gasteiger charge is -2.15. The van der Waals surface area contributed by atoms with Gasteiger partial charge in [-0.25, -0.2) is 0 Å². The highest BCUT2D eigenvalue weighted by Gasteiger charge is 2.08. The maximum Gasteiger partial charge on any atom is 0.236 e. The highest BCUT2D eigenvalue weighted by molar-refractivity contribution is 9.11. The monoisotopic (exact) mass is 312 g/mol. The van der Waals surface area contributed by atoms with E-state index in [1.165, 1.54) is 4.88 Å². The summed E-state index contributed by atoms with van der Waals surface area (Å²) >= 11 is 5.05. The molecule has 1 aromatic rings. The van der Waals surface area contributed by atoms with Gasteiger partial charge in [0, 0.05) is 11.9 Å². The molecule has 3 nitrogen and oxygen atoms in total. The van der Waals surface area contributed by atoms with Crippen LogP contribution in [0, 0.1) is 0 Å². The number of rotatable bonds is 4. The number of nitrogens with one attached hydrogen (secondary N) is 1. The van der Waals surface area contributed by atoms with Crippen LogP contribution < -0.4 is 5.32 Å². The molecule has 0 fully saturated rings. The molecule has 0 atom stereocenters. The van der Waals surface area contributed by atoms with E-state index in [-0.39, 0.29) is 18.3 Å². The summed E-state index contributed by atoms with van der Waals surface area (Å²) in [7, 11) is 3.58. The second-order valence-corrected chi connectivity index (χ2v) is 5.53. The van der Waals surface area contributed by atoms with Crippen LogP contribution in [-0.2, 0) is 11.3 Å². The molecule has 0 radical (unpaired) electrons. The maximum absolute atomic E-state index is 11.4. The van der Waals surface area contributed by atoms with Gasteiger partial charge in [0.1, 0.15) is 0 Å². The topological polar surface area (TPSA) is 32.3 Å². The Kier molecular flexibility index (Phi) is 7.17. The smallest absolute Gasteiger partial charge is 0.236 e. The molecule has 0 aliphatic rings. The van der Waals surface area contributed by atoms with Gasteiger partial charge in [0.2, 0.25) is 5.91 Å². The number of nitrogens with zero attached hydrogens (tertiary/aromatic N) is 1. The Balaban J connectivity index is 0.00000196. The van der Waals surface area contributed by atoms with Crippen LogP contribution in [0.25, 0.3) is 0 Å². The molecule has 86 valence electrons. The first kappa shape index (κ1) is 14.9. The quantitative estimate of drug-likeness (QED) is 0.923. The minimum atomic E-state index is 0. The molecule has 1 heterocycles. The summed E-state index contributed by atoms with van der Waals surface area (Å²) in [5.74, 6) is 0.108. The van der Waals surface area contributed by atoms with Gasteiger partial charge >= 0.3 is 0 Å². The number of carbonyl (C=O) groups excluding carboxylic acids is 1. The van der Waals surface area contributed by atoms with E-state index < -0.39 is 0 Å². The first-order valence-electron chi connectivity index (χ1n) is 4.26. The van der Waals surface area contributed by atoms with Crippen LogP contribution in [0.4, 0.5) is 0 Å². The van der Waals surface area contributed by atoms with Crippen molar-refractivity contribution in [2.45, 2.75) is 6.54 Å². The van der Waals surface area contributed by atoms with Crippen molar-refractivity contribution in [3.05, 3.63) is 20.8 Å². The van der Waals surface area contributed by atoms with Gasteiger partial charge in [-0.3, -0.25) is 4.79 Å². The molecule has 0 bridgehead atoms. The molecule has 1 N–H and O–H groups in total. The van der Waals surface area contributed by atoms with Crippen LogP contribution >= 0.6 is 39.7 Å². The molecule has 1 aromatic heterocycles. The van der Waals surface area contributed by atoms with Crippen LogP contribution in [0.5, 0.6) is 0 Å². The molecule has 0 aliphatic carbocycles. The Morgan fingerprint density at radius 1 is 1.60 bits per heavy atom. The van der Waals surface area contributed by atoms with Crippen LogP contribution in [0.15, 0.2) is 15.9 Å². The van der Waals surface area contributed by atoms with Crippen LogP contribution in [-0.4, -0.2) is 31.4 Å². The minimum absolute atomic E-state index is 0. The van der Waals surface area contributed by atoms with Crippen molar-refractivity contribution in [3.63, 3.8) is 0 Å². The molecular weight excluding hydrogens is 300 g/mol. The van der Waals surface area contributed by atoms with Gasteiger partial charge < -0.3 is 10.2 Å². The maximum atomic E-state index is 11.4. The zero-order chi connectivity index (χ0) is 10.6. The highest BCUT2D eigenvalue weighted by Crippen LogP contribution is 2.22. The normalized spacial score (nSPS) is 9.53. The van der Waals surface area contributed by atoms with E-state index in [0.717, 1.165) is 3.79 Å². The van der Waals surface area contributed by atoms with E-state index in [1.807, 2.05) is 19.2 Å². The fraction of sp³-hybridized carbons (Fsp3) is 0.444. The summed E-state index contributed by atoms with van der Waals surface area (Å²) in [6.07, 6.45) is 0. The highest BCUT2D eigenvalue weighted by atomic mass is 79.9. The molecular formula is C9H14BrClN2OS. The molecule has 1 rings (SSSR count). The number of thiophene rings is 1. The summed E-state index contributed by atoms with van der Waals surface area (Å²) in [5, 5.41) is 2.84. The lowest BCUT2D eigenvalue weighted by Crippen LogP contribution is -2.33. The van der Waals surface area contributed by atoms with E-state index in [9.17, 15) is 4.79 Å². The number of carbonyl (C=O) groups is 1. The molecule has 0 saturated heterocycles. The van der Waals surface area contributed by atoms with E-state index in [1.54, 1.807) is 23.3 Å². The zero-order valence-electron chi connectivity index (χ0n) is 8.62. The third-order valence-electron chi connectivity index (χ3n) is 1.78. The van der Waals surface area contributed by atoms with Crippen molar-refractivity contribution in [3.8, 4) is 0 Å². The van der Waals surface area contributed by atoms with E-state index >= 15 is 0 Å². The van der Waals surface area contributed by atoms with Gasteiger partial charge in [-0.1, -0.05) is 0 Å². The summed E-state index contributed by atoms with van der Waals surface area (Å²) in [6, 6.07) is 4.02. The predicted octanol–water partition coefficient (Wildman–Crippen LogP) is 2.11. The van der Waals surface area contributed by atoms with Crippen molar-refractivity contribution >= 4 is 45.6 Å². The summed E-state index contributed by atoms with van der Waals surface area (Å²) in [6.45, 7) is 1.07. The van der Waals surface area contributed by atoms with E-state index in [0.29, 0.717) is 13.1 Å². The molecule has 0 aliphatic heterocycles. The molecule has 15 heavy (non-hydrogen) atoms. The number of amides is 1. The molecule has 1 amide bonds. The van der Waals surface area contributed by atoms with Gasteiger partial charge in [0.25, 0.3) is 0 Å². The van der Waals surface area contributed by atoms with Gasteiger partial charge in [-0.15, -0.1) is 23.7 Å². The van der Waals surface area contributed by atoms with Crippen molar-refractivity contribution in [2.24, 2.45) is 0 Å². The minimum Gasteiger partial charge on any atom is -0.340 e. The largest absolute Gasteiger partial charge is 0.340 e. The number of halogens is 2. The number of likely N-dealkylation sites (N-methyl/N-ethyl adjacent to an activating group) is 2. The van der Waals surface area contributed by atoms with Crippen LogP contribution in [0.2, 0.25) is 0 Å². The van der Waals surface area contributed by atoms with Gasteiger partial charge in [0.05, 0.1) is 16.9 Å². The standard InChI is InChI=1S/C9H13BrN2OS.ClH/c1-11-5-9(13)12(2)6-7-3-4-8(10)14-7;/h3-4,11H,5-6H2,1-2H3;1H. The van der Waals surface area contributed by atoms with Gasteiger partial charge in [0.15, 0.2) is 0 Å². The van der Waals surface area contributed by atoms with Crippen molar-refractivity contribution < 1.29 is 4.79 Å². The Labute approximate surface area is 108 Å². The molecule has 0 saturated carbocycles. The lowest BCUT2D eigenvalue weighted by molar-refractivity contribution is -0.129. The third-order valence-corrected chi connectivity index (χ3v) is 3.38. The fourth-order valence-corrected chi connectivity index (χ4v) is 2.58. The van der Waals surface area contributed by atoms with Gasteiger partial charge in [-0.2, -0.15) is 0 Å². The Bertz CT molecular complexity index is 319. The first-order valence-corrected chi connectivity index (χ1v) is 5.87. The van der Waals surface area contributed by atoms with Crippen molar-refractivity contribution in [1.29, 1.82) is 0 Å². The lowest BCUT2D eigenvalue weighted by atomic mass is 10.4. The molecule has 6 heteroatoms.